The molecule has 1 heterocycles. The maximum atomic E-state index is 12.9. The van der Waals surface area contributed by atoms with Crippen LogP contribution in [0.15, 0.2) is 57.7 Å². The number of benzene rings is 2. The van der Waals surface area contributed by atoms with Gasteiger partial charge < -0.3 is 14.1 Å². The molecule has 3 rings (SSSR count). The second-order valence-corrected chi connectivity index (χ2v) is 6.63. The molecule has 0 bridgehead atoms. The molecule has 0 radical (unpaired) electrons. The normalized spacial score (nSPS) is 10.8. The maximum absolute atomic E-state index is 12.9. The highest BCUT2D eigenvalue weighted by Gasteiger charge is 2.14. The molecule has 0 N–H and O–H groups in total. The monoisotopic (exact) mass is 400 g/mol. The van der Waals surface area contributed by atoms with Gasteiger partial charge in [0.1, 0.15) is 5.82 Å². The van der Waals surface area contributed by atoms with Crippen LogP contribution < -0.4 is 5.76 Å². The third kappa shape index (κ3) is 5.31. The predicted molar refractivity (Wildman–Crippen MR) is 104 cm³/mol. The van der Waals surface area contributed by atoms with Crippen molar-refractivity contribution in [1.82, 2.24) is 9.47 Å². The van der Waals surface area contributed by atoms with Crippen LogP contribution in [0, 0.1) is 5.82 Å². The van der Waals surface area contributed by atoms with E-state index in [4.69, 9.17) is 9.15 Å². The number of para-hydroxylation sites is 2. The van der Waals surface area contributed by atoms with Gasteiger partial charge in [-0.3, -0.25) is 14.2 Å². The van der Waals surface area contributed by atoms with Crippen LogP contribution in [0.3, 0.4) is 0 Å². The Kier molecular flexibility index (Phi) is 6.43. The third-order valence-corrected chi connectivity index (χ3v) is 4.45. The van der Waals surface area contributed by atoms with Crippen molar-refractivity contribution >= 4 is 23.0 Å². The lowest BCUT2D eigenvalue weighted by atomic mass is 10.2. The van der Waals surface area contributed by atoms with Gasteiger partial charge in [-0.05, 0) is 36.2 Å². The van der Waals surface area contributed by atoms with Gasteiger partial charge in [0.15, 0.2) is 12.2 Å². The highest BCUT2D eigenvalue weighted by atomic mass is 19.1. The zero-order valence-corrected chi connectivity index (χ0v) is 16.0. The molecule has 8 heteroatoms. The number of hydrogen-bond acceptors (Lipinski definition) is 5. The van der Waals surface area contributed by atoms with Crippen molar-refractivity contribution in [1.29, 1.82) is 0 Å². The summed E-state index contributed by atoms with van der Waals surface area (Å²) in [6.45, 7) is 0.224. The van der Waals surface area contributed by atoms with E-state index in [1.165, 1.54) is 21.6 Å². The first-order valence-corrected chi connectivity index (χ1v) is 9.16. The van der Waals surface area contributed by atoms with Gasteiger partial charge in [-0.1, -0.05) is 24.3 Å². The van der Waals surface area contributed by atoms with Crippen LogP contribution in [-0.4, -0.2) is 35.0 Å². The van der Waals surface area contributed by atoms with E-state index in [9.17, 15) is 18.8 Å². The third-order valence-electron chi connectivity index (χ3n) is 4.45. The van der Waals surface area contributed by atoms with E-state index >= 15 is 0 Å². The van der Waals surface area contributed by atoms with E-state index in [1.54, 1.807) is 43.4 Å². The fourth-order valence-electron chi connectivity index (χ4n) is 2.88. The molecule has 152 valence electrons. The zero-order chi connectivity index (χ0) is 20.8. The molecule has 0 aliphatic carbocycles. The average molecular weight is 400 g/mol. The Morgan fingerprint density at radius 1 is 1.14 bits per heavy atom. The van der Waals surface area contributed by atoms with E-state index in [1.807, 2.05) is 0 Å². The first kappa shape index (κ1) is 20.3. The molecule has 0 aliphatic heterocycles. The van der Waals surface area contributed by atoms with Crippen molar-refractivity contribution in [3.63, 3.8) is 0 Å². The van der Waals surface area contributed by atoms with Crippen molar-refractivity contribution in [2.45, 2.75) is 25.9 Å². The second kappa shape index (κ2) is 9.18. The number of carbonyl (C=O) groups is 2. The van der Waals surface area contributed by atoms with Gasteiger partial charge in [0.25, 0.3) is 5.91 Å². The van der Waals surface area contributed by atoms with Crippen molar-refractivity contribution in [3.05, 3.63) is 70.5 Å². The number of likely N-dealkylation sites (N-methyl/N-ethyl adjacent to an activating group) is 1. The summed E-state index contributed by atoms with van der Waals surface area (Å²) in [5.41, 5.74) is 1.93. The summed E-state index contributed by atoms with van der Waals surface area (Å²) in [4.78, 5) is 37.3. The predicted octanol–water partition coefficient (Wildman–Crippen LogP) is 2.72. The molecule has 2 aromatic carbocycles. The number of oxazole rings is 1. The van der Waals surface area contributed by atoms with Crippen LogP contribution in [0.2, 0.25) is 0 Å². The summed E-state index contributed by atoms with van der Waals surface area (Å²) >= 11 is 0. The lowest BCUT2D eigenvalue weighted by molar-refractivity contribution is -0.151. The minimum atomic E-state index is -0.519. The number of carbonyl (C=O) groups excluding carboxylic acids is 2. The summed E-state index contributed by atoms with van der Waals surface area (Å²) in [5.74, 6) is -1.70. The summed E-state index contributed by atoms with van der Waals surface area (Å²) in [5, 5.41) is 0. The molecule has 3 aromatic rings. The number of rotatable bonds is 8. The topological polar surface area (TPSA) is 81.8 Å². The molecular weight excluding hydrogens is 379 g/mol. The first-order valence-electron chi connectivity index (χ1n) is 9.16. The average Bonchev–Trinajstić information content (AvgIpc) is 3.03. The Morgan fingerprint density at radius 3 is 2.62 bits per heavy atom. The Labute approximate surface area is 166 Å². The number of halogens is 1. The second-order valence-electron chi connectivity index (χ2n) is 6.63. The van der Waals surface area contributed by atoms with Crippen LogP contribution in [0.1, 0.15) is 18.4 Å². The smallest absolute Gasteiger partial charge is 0.419 e. The van der Waals surface area contributed by atoms with Crippen LogP contribution in [0.25, 0.3) is 11.1 Å². The summed E-state index contributed by atoms with van der Waals surface area (Å²) in [6.07, 6.45) is 0.447. The van der Waals surface area contributed by atoms with E-state index in [-0.39, 0.29) is 31.3 Å². The van der Waals surface area contributed by atoms with Crippen LogP contribution in [0.5, 0.6) is 0 Å². The molecule has 1 aromatic heterocycles. The van der Waals surface area contributed by atoms with Gasteiger partial charge in [0, 0.05) is 26.6 Å². The van der Waals surface area contributed by atoms with Crippen molar-refractivity contribution in [2.75, 3.05) is 13.7 Å². The Morgan fingerprint density at radius 2 is 1.86 bits per heavy atom. The highest BCUT2D eigenvalue weighted by molar-refractivity contribution is 5.80. The first-order chi connectivity index (χ1) is 13.9. The molecule has 29 heavy (non-hydrogen) atoms. The van der Waals surface area contributed by atoms with Gasteiger partial charge in [-0.2, -0.15) is 0 Å². The summed E-state index contributed by atoms with van der Waals surface area (Å²) in [7, 11) is 1.58. The SMILES string of the molecule is CN(Cc1ccc(F)cc1)C(=O)COC(=O)CCCn1c(=O)oc2ccccc21. The van der Waals surface area contributed by atoms with E-state index in [0.717, 1.165) is 5.56 Å². The van der Waals surface area contributed by atoms with Crippen LogP contribution in [-0.2, 0) is 27.4 Å². The fraction of sp³-hybridized carbons (Fsp3) is 0.286. The molecule has 7 nitrogen and oxygen atoms in total. The quantitative estimate of drug-likeness (QED) is 0.543. The Bertz CT molecular complexity index is 1050. The Hall–Kier alpha value is -3.42. The zero-order valence-electron chi connectivity index (χ0n) is 16.0. The summed E-state index contributed by atoms with van der Waals surface area (Å²) < 4.78 is 24.5. The molecule has 0 saturated heterocycles. The van der Waals surface area contributed by atoms with Crippen molar-refractivity contribution in [3.8, 4) is 0 Å². The largest absolute Gasteiger partial charge is 0.456 e. The molecule has 0 unspecified atom stereocenters. The molecule has 0 spiro atoms. The Balaban J connectivity index is 1.42. The molecule has 1 amide bonds. The van der Waals surface area contributed by atoms with Crippen molar-refractivity contribution < 1.29 is 23.1 Å². The molecule has 0 atom stereocenters. The maximum Gasteiger partial charge on any atom is 0.419 e. The van der Waals surface area contributed by atoms with E-state index in [0.29, 0.717) is 24.1 Å². The number of nitrogens with zero attached hydrogens (tertiary/aromatic N) is 2. The van der Waals surface area contributed by atoms with E-state index in [2.05, 4.69) is 0 Å². The van der Waals surface area contributed by atoms with Crippen molar-refractivity contribution in [2.24, 2.45) is 0 Å². The molecule has 0 aliphatic rings. The number of hydrogen-bond donors (Lipinski definition) is 0. The standard InChI is InChI=1S/C21H21FN2O5/c1-23(13-15-8-10-16(22)11-9-15)19(25)14-28-20(26)7-4-12-24-17-5-2-3-6-18(17)29-21(24)27/h2-3,5-6,8-11H,4,7,12-14H2,1H3. The number of aromatic nitrogens is 1. The lowest BCUT2D eigenvalue weighted by Gasteiger charge is -2.17. The van der Waals surface area contributed by atoms with Crippen LogP contribution >= 0.6 is 0 Å². The number of amides is 1. The molecular formula is C21H21FN2O5. The van der Waals surface area contributed by atoms with Gasteiger partial charge >= 0.3 is 11.7 Å². The summed E-state index contributed by atoms with van der Waals surface area (Å²) in [6, 6.07) is 12.9. The highest BCUT2D eigenvalue weighted by Crippen LogP contribution is 2.12. The number of fused-ring (bicyclic) bond motifs is 1. The van der Waals surface area contributed by atoms with Gasteiger partial charge in [-0.25, -0.2) is 9.18 Å². The number of esters is 1. The van der Waals surface area contributed by atoms with Crippen LogP contribution in [0.4, 0.5) is 4.39 Å². The fourth-order valence-corrected chi connectivity index (χ4v) is 2.88. The lowest BCUT2D eigenvalue weighted by Crippen LogP contribution is -2.30. The number of ether oxygens (including phenoxy) is 1. The molecule has 0 saturated carbocycles. The minimum Gasteiger partial charge on any atom is -0.456 e. The number of aryl methyl sites for hydroxylation is 1. The van der Waals surface area contributed by atoms with Gasteiger partial charge in [-0.15, -0.1) is 0 Å². The minimum absolute atomic E-state index is 0.0703. The van der Waals surface area contributed by atoms with Gasteiger partial charge in [0.05, 0.1) is 5.52 Å². The van der Waals surface area contributed by atoms with E-state index < -0.39 is 11.7 Å². The van der Waals surface area contributed by atoms with Gasteiger partial charge in [0.2, 0.25) is 0 Å². The molecule has 0 fully saturated rings.